The Morgan fingerprint density at radius 3 is 2.21 bits per heavy atom. The van der Waals surface area contributed by atoms with Gasteiger partial charge in [-0.15, -0.1) is 0 Å². The third-order valence-electron chi connectivity index (χ3n) is 3.61. The lowest BCUT2D eigenvalue weighted by Crippen LogP contribution is -2.42. The zero-order valence-corrected chi connectivity index (χ0v) is 11.6. The molecule has 0 bridgehead atoms. The Hall–Kier alpha value is -0.370. The number of hydrogen-bond donors (Lipinski definition) is 0. The molecule has 0 heterocycles. The van der Waals surface area contributed by atoms with E-state index in [9.17, 15) is 26.0 Å². The molecule has 19 heavy (non-hydrogen) atoms. The van der Waals surface area contributed by atoms with Crippen LogP contribution in [0.15, 0.2) is 0 Å². The average Bonchev–Trinajstić information content (AvgIpc) is 2.24. The number of alkyl halides is 4. The van der Waals surface area contributed by atoms with Crippen LogP contribution in [0.3, 0.4) is 0 Å². The fourth-order valence-electron chi connectivity index (χ4n) is 2.56. The van der Waals surface area contributed by atoms with Gasteiger partial charge >= 0.3 is 6.18 Å². The molecule has 1 fully saturated rings. The molecule has 8 heteroatoms. The smallest absolute Gasteiger partial charge is 0.270 e. The lowest BCUT2D eigenvalue weighted by Gasteiger charge is -2.38. The van der Waals surface area contributed by atoms with Crippen molar-refractivity contribution in [2.75, 3.05) is 12.9 Å². The van der Waals surface area contributed by atoms with Crippen molar-refractivity contribution >= 4 is 10.1 Å². The molecule has 0 N–H and O–H groups in total. The van der Waals surface area contributed by atoms with E-state index in [2.05, 4.69) is 4.18 Å². The fraction of sp³-hybridized carbons (Fsp3) is 1.00. The van der Waals surface area contributed by atoms with Crippen molar-refractivity contribution < 1.29 is 30.2 Å². The van der Waals surface area contributed by atoms with Crippen molar-refractivity contribution in [1.29, 1.82) is 0 Å². The van der Waals surface area contributed by atoms with Gasteiger partial charge in [0.1, 0.15) is 6.17 Å². The zero-order valence-electron chi connectivity index (χ0n) is 10.8. The third-order valence-corrected chi connectivity index (χ3v) is 4.17. The highest BCUT2D eigenvalue weighted by Crippen LogP contribution is 2.45. The summed E-state index contributed by atoms with van der Waals surface area (Å²) in [5, 5.41) is 0. The second kappa shape index (κ2) is 5.95. The Morgan fingerprint density at radius 2 is 1.79 bits per heavy atom. The van der Waals surface area contributed by atoms with Crippen molar-refractivity contribution in [1.82, 2.24) is 0 Å². The standard InChI is InChI=1S/C11H18F4O3S/c1-3-7-4-8(6-18-19(2,16)17)10(12)5-9(7)11(13,14)15/h7-10H,3-6H2,1-2H3. The molecule has 0 aliphatic heterocycles. The highest BCUT2D eigenvalue weighted by Gasteiger charge is 2.49. The minimum Gasteiger partial charge on any atom is -0.270 e. The maximum Gasteiger partial charge on any atom is 0.392 e. The second-order valence-electron chi connectivity index (χ2n) is 5.05. The SMILES string of the molecule is CCC1CC(COS(C)(=O)=O)C(F)CC1C(F)(F)F. The molecule has 3 nitrogen and oxygen atoms in total. The minimum atomic E-state index is -4.41. The van der Waals surface area contributed by atoms with Gasteiger partial charge in [0.15, 0.2) is 0 Å². The summed E-state index contributed by atoms with van der Waals surface area (Å²) in [7, 11) is -3.70. The summed E-state index contributed by atoms with van der Waals surface area (Å²) in [6, 6.07) is 0. The van der Waals surface area contributed by atoms with E-state index in [0.717, 1.165) is 6.26 Å². The first-order valence-electron chi connectivity index (χ1n) is 6.09. The van der Waals surface area contributed by atoms with Gasteiger partial charge in [0.2, 0.25) is 0 Å². The van der Waals surface area contributed by atoms with Crippen LogP contribution in [0.1, 0.15) is 26.2 Å². The second-order valence-corrected chi connectivity index (χ2v) is 6.70. The van der Waals surface area contributed by atoms with Crippen LogP contribution in [-0.4, -0.2) is 33.6 Å². The molecule has 0 aromatic rings. The predicted molar refractivity (Wildman–Crippen MR) is 61.7 cm³/mol. The summed E-state index contributed by atoms with van der Waals surface area (Å²) >= 11 is 0. The van der Waals surface area contributed by atoms with Crippen molar-refractivity contribution in [3.05, 3.63) is 0 Å². The number of halogens is 4. The third kappa shape index (κ3) is 4.91. The Bertz CT molecular complexity index is 393. The van der Waals surface area contributed by atoms with Gasteiger partial charge in [0, 0.05) is 5.92 Å². The van der Waals surface area contributed by atoms with E-state index in [1.807, 2.05) is 0 Å². The molecule has 4 atom stereocenters. The first kappa shape index (κ1) is 16.7. The Kier molecular flexibility index (Phi) is 5.22. The summed E-state index contributed by atoms with van der Waals surface area (Å²) in [5.41, 5.74) is 0. The zero-order chi connectivity index (χ0) is 14.8. The molecule has 0 spiro atoms. The van der Waals surface area contributed by atoms with Crippen LogP contribution in [0.4, 0.5) is 17.6 Å². The quantitative estimate of drug-likeness (QED) is 0.592. The molecule has 0 saturated heterocycles. The summed E-state index contributed by atoms with van der Waals surface area (Å²) in [4.78, 5) is 0. The first-order chi connectivity index (χ1) is 8.54. The molecule has 1 rings (SSSR count). The Morgan fingerprint density at radius 1 is 1.21 bits per heavy atom. The summed E-state index contributed by atoms with van der Waals surface area (Å²) in [6.45, 7) is 1.23. The molecule has 0 aromatic heterocycles. The van der Waals surface area contributed by atoms with E-state index in [0.29, 0.717) is 0 Å². The van der Waals surface area contributed by atoms with E-state index >= 15 is 0 Å². The van der Waals surface area contributed by atoms with Crippen LogP contribution in [0.25, 0.3) is 0 Å². The van der Waals surface area contributed by atoms with Gasteiger partial charge in [-0.25, -0.2) is 4.39 Å². The molecule has 0 amide bonds. The van der Waals surface area contributed by atoms with Crippen LogP contribution in [0.5, 0.6) is 0 Å². The van der Waals surface area contributed by atoms with Gasteiger partial charge in [-0.3, -0.25) is 4.18 Å². The van der Waals surface area contributed by atoms with E-state index in [1.54, 1.807) is 6.92 Å². The van der Waals surface area contributed by atoms with Gasteiger partial charge in [0.25, 0.3) is 10.1 Å². The van der Waals surface area contributed by atoms with Crippen molar-refractivity contribution in [3.8, 4) is 0 Å². The van der Waals surface area contributed by atoms with E-state index in [-0.39, 0.29) is 19.4 Å². The van der Waals surface area contributed by atoms with Crippen LogP contribution in [-0.2, 0) is 14.3 Å². The van der Waals surface area contributed by atoms with Crippen molar-refractivity contribution in [2.24, 2.45) is 17.8 Å². The maximum atomic E-state index is 13.7. The molecular weight excluding hydrogens is 288 g/mol. The van der Waals surface area contributed by atoms with Crippen molar-refractivity contribution in [2.45, 2.75) is 38.5 Å². The lowest BCUT2D eigenvalue weighted by atomic mass is 9.72. The normalized spacial score (nSPS) is 33.4. The topological polar surface area (TPSA) is 43.4 Å². The minimum absolute atomic E-state index is 0.00262. The Balaban J connectivity index is 2.71. The average molecular weight is 306 g/mol. The van der Waals surface area contributed by atoms with E-state index in [4.69, 9.17) is 0 Å². The van der Waals surface area contributed by atoms with Crippen LogP contribution < -0.4 is 0 Å². The van der Waals surface area contributed by atoms with Crippen LogP contribution >= 0.6 is 0 Å². The lowest BCUT2D eigenvalue weighted by molar-refractivity contribution is -0.207. The summed E-state index contributed by atoms with van der Waals surface area (Å²) < 4.78 is 78.2. The van der Waals surface area contributed by atoms with Crippen LogP contribution in [0, 0.1) is 17.8 Å². The highest BCUT2D eigenvalue weighted by molar-refractivity contribution is 7.85. The first-order valence-corrected chi connectivity index (χ1v) is 7.91. The van der Waals surface area contributed by atoms with Gasteiger partial charge in [-0.1, -0.05) is 13.3 Å². The molecular formula is C11H18F4O3S. The molecule has 1 saturated carbocycles. The van der Waals surface area contributed by atoms with E-state index < -0.39 is 46.6 Å². The maximum absolute atomic E-state index is 13.7. The Labute approximate surface area is 110 Å². The van der Waals surface area contributed by atoms with Crippen LogP contribution in [0.2, 0.25) is 0 Å². The predicted octanol–water partition coefficient (Wildman–Crippen LogP) is 2.92. The fourth-order valence-corrected chi connectivity index (χ4v) is 2.99. The van der Waals surface area contributed by atoms with Gasteiger partial charge in [-0.2, -0.15) is 21.6 Å². The summed E-state index contributed by atoms with van der Waals surface area (Å²) in [6.07, 6.45) is -5.59. The monoisotopic (exact) mass is 306 g/mol. The van der Waals surface area contributed by atoms with Gasteiger partial charge < -0.3 is 0 Å². The van der Waals surface area contributed by atoms with Gasteiger partial charge in [0.05, 0.1) is 18.8 Å². The molecule has 0 radical (unpaired) electrons. The number of rotatable bonds is 4. The van der Waals surface area contributed by atoms with Crippen molar-refractivity contribution in [3.63, 3.8) is 0 Å². The number of hydrogen-bond acceptors (Lipinski definition) is 3. The molecule has 114 valence electrons. The molecule has 1 aliphatic rings. The summed E-state index contributed by atoms with van der Waals surface area (Å²) in [5.74, 6) is -3.12. The molecule has 0 aromatic carbocycles. The van der Waals surface area contributed by atoms with Gasteiger partial charge in [-0.05, 0) is 18.8 Å². The molecule has 4 unspecified atom stereocenters. The highest BCUT2D eigenvalue weighted by atomic mass is 32.2. The van der Waals surface area contributed by atoms with E-state index in [1.165, 1.54) is 0 Å². The largest absolute Gasteiger partial charge is 0.392 e. The molecule has 1 aliphatic carbocycles.